The van der Waals surface area contributed by atoms with Gasteiger partial charge in [0.05, 0.1) is 6.21 Å². The summed E-state index contributed by atoms with van der Waals surface area (Å²) in [7, 11) is 0. The van der Waals surface area contributed by atoms with Crippen molar-refractivity contribution >= 4 is 6.21 Å². The highest BCUT2D eigenvalue weighted by Gasteiger charge is 2.32. The number of aromatic nitrogens is 1. The van der Waals surface area contributed by atoms with Gasteiger partial charge in [0, 0.05) is 6.20 Å². The Balaban J connectivity index is 3.05. The van der Waals surface area contributed by atoms with Crippen molar-refractivity contribution in [2.24, 2.45) is 5.16 Å². The molecule has 1 heterocycles. The van der Waals surface area contributed by atoms with Crippen LogP contribution in [0.1, 0.15) is 11.3 Å². The van der Waals surface area contributed by atoms with E-state index in [1.807, 2.05) is 0 Å². The molecule has 70 valence electrons. The van der Waals surface area contributed by atoms with Crippen molar-refractivity contribution in [1.29, 1.82) is 0 Å². The lowest BCUT2D eigenvalue weighted by Crippen LogP contribution is -2.07. The van der Waals surface area contributed by atoms with Gasteiger partial charge in [0.25, 0.3) is 0 Å². The third kappa shape index (κ3) is 2.43. The van der Waals surface area contributed by atoms with Gasteiger partial charge >= 0.3 is 6.18 Å². The molecule has 1 aromatic heterocycles. The van der Waals surface area contributed by atoms with Crippen molar-refractivity contribution in [2.45, 2.75) is 6.18 Å². The maximum atomic E-state index is 12.0. The summed E-state index contributed by atoms with van der Waals surface area (Å²) in [5.41, 5.74) is -0.866. The number of pyridine rings is 1. The van der Waals surface area contributed by atoms with Crippen molar-refractivity contribution in [3.8, 4) is 0 Å². The Labute approximate surface area is 71.5 Å². The van der Waals surface area contributed by atoms with Gasteiger partial charge in [0.15, 0.2) is 0 Å². The van der Waals surface area contributed by atoms with E-state index in [2.05, 4.69) is 10.1 Å². The lowest BCUT2D eigenvalue weighted by atomic mass is 10.2. The SMILES string of the molecule is O/N=C\c1ccnc(C(F)(F)F)c1. The largest absolute Gasteiger partial charge is 0.433 e. The number of alkyl halides is 3. The first-order valence-corrected chi connectivity index (χ1v) is 3.24. The Morgan fingerprint density at radius 3 is 2.69 bits per heavy atom. The Morgan fingerprint density at radius 2 is 2.15 bits per heavy atom. The second-order valence-electron chi connectivity index (χ2n) is 2.22. The Hall–Kier alpha value is -1.59. The van der Waals surface area contributed by atoms with E-state index in [0.717, 1.165) is 18.5 Å². The van der Waals surface area contributed by atoms with Crippen molar-refractivity contribution in [3.63, 3.8) is 0 Å². The molecule has 0 aliphatic rings. The molecule has 0 aromatic carbocycles. The summed E-state index contributed by atoms with van der Waals surface area (Å²) >= 11 is 0. The van der Waals surface area contributed by atoms with Gasteiger partial charge < -0.3 is 5.21 Å². The van der Waals surface area contributed by atoms with Crippen LogP contribution in [0.4, 0.5) is 13.2 Å². The van der Waals surface area contributed by atoms with Crippen molar-refractivity contribution in [3.05, 3.63) is 29.6 Å². The molecule has 0 spiro atoms. The summed E-state index contributed by atoms with van der Waals surface area (Å²) in [6, 6.07) is 2.09. The quantitative estimate of drug-likeness (QED) is 0.417. The van der Waals surface area contributed by atoms with Crippen molar-refractivity contribution in [2.75, 3.05) is 0 Å². The van der Waals surface area contributed by atoms with Crippen LogP contribution in [0.25, 0.3) is 0 Å². The monoisotopic (exact) mass is 190 g/mol. The van der Waals surface area contributed by atoms with Crippen molar-refractivity contribution in [1.82, 2.24) is 4.98 Å². The van der Waals surface area contributed by atoms with Gasteiger partial charge in [-0.3, -0.25) is 4.98 Å². The summed E-state index contributed by atoms with van der Waals surface area (Å²) in [5.74, 6) is 0. The third-order valence-corrected chi connectivity index (χ3v) is 1.28. The van der Waals surface area contributed by atoms with Crippen LogP contribution in [0, 0.1) is 0 Å². The second-order valence-corrected chi connectivity index (χ2v) is 2.22. The molecule has 3 nitrogen and oxygen atoms in total. The highest BCUT2D eigenvalue weighted by molar-refractivity contribution is 5.78. The van der Waals surface area contributed by atoms with Crippen LogP contribution in [-0.2, 0) is 6.18 Å². The Morgan fingerprint density at radius 1 is 1.46 bits per heavy atom. The minimum Gasteiger partial charge on any atom is -0.411 e. The van der Waals surface area contributed by atoms with E-state index in [-0.39, 0.29) is 5.56 Å². The molecule has 13 heavy (non-hydrogen) atoms. The van der Waals surface area contributed by atoms with Gasteiger partial charge in [-0.2, -0.15) is 13.2 Å². The number of oxime groups is 1. The second kappa shape index (κ2) is 3.42. The molecule has 0 aliphatic heterocycles. The third-order valence-electron chi connectivity index (χ3n) is 1.28. The van der Waals surface area contributed by atoms with Crippen LogP contribution in [0.3, 0.4) is 0 Å². The molecule has 1 aromatic rings. The lowest BCUT2D eigenvalue weighted by Gasteiger charge is -2.04. The van der Waals surface area contributed by atoms with Crippen LogP contribution in [0.15, 0.2) is 23.5 Å². The first kappa shape index (κ1) is 9.50. The normalized spacial score (nSPS) is 12.2. The first-order chi connectivity index (χ1) is 6.04. The predicted molar refractivity (Wildman–Crippen MR) is 38.6 cm³/mol. The van der Waals surface area contributed by atoms with Crippen molar-refractivity contribution < 1.29 is 18.4 Å². The number of rotatable bonds is 1. The van der Waals surface area contributed by atoms with E-state index in [1.54, 1.807) is 0 Å². The number of halogens is 3. The zero-order valence-corrected chi connectivity index (χ0v) is 6.28. The molecular formula is C7H5F3N2O. The molecule has 0 saturated carbocycles. The minimum absolute atomic E-state index is 0.143. The van der Waals surface area contributed by atoms with Gasteiger partial charge in [-0.1, -0.05) is 5.16 Å². The fourth-order valence-electron chi connectivity index (χ4n) is 0.749. The average Bonchev–Trinajstić information content (AvgIpc) is 2.04. The van der Waals surface area contributed by atoms with Gasteiger partial charge in [-0.25, -0.2) is 0 Å². The van der Waals surface area contributed by atoms with Gasteiger partial charge in [0.1, 0.15) is 5.69 Å². The Bertz CT molecular complexity index is 322. The molecule has 0 amide bonds. The van der Waals surface area contributed by atoms with Gasteiger partial charge in [0.2, 0.25) is 0 Å². The fourth-order valence-corrected chi connectivity index (χ4v) is 0.749. The fraction of sp³-hybridized carbons (Fsp3) is 0.143. The van der Waals surface area contributed by atoms with E-state index < -0.39 is 11.9 Å². The number of hydrogen-bond donors (Lipinski definition) is 1. The van der Waals surface area contributed by atoms with E-state index in [4.69, 9.17) is 5.21 Å². The van der Waals surface area contributed by atoms with Gasteiger partial charge in [-0.05, 0) is 17.7 Å². The smallest absolute Gasteiger partial charge is 0.411 e. The van der Waals surface area contributed by atoms with Crippen LogP contribution in [0.2, 0.25) is 0 Å². The molecule has 0 unspecified atom stereocenters. The highest BCUT2D eigenvalue weighted by Crippen LogP contribution is 2.27. The molecule has 1 N–H and O–H groups in total. The molecule has 6 heteroatoms. The average molecular weight is 190 g/mol. The predicted octanol–water partition coefficient (Wildman–Crippen LogP) is 1.91. The lowest BCUT2D eigenvalue weighted by molar-refractivity contribution is -0.141. The summed E-state index contributed by atoms with van der Waals surface area (Å²) in [5, 5.41) is 10.7. The summed E-state index contributed by atoms with van der Waals surface area (Å²) in [6.07, 6.45) is -2.57. The summed E-state index contributed by atoms with van der Waals surface area (Å²) in [6.45, 7) is 0. The van der Waals surface area contributed by atoms with E-state index in [0.29, 0.717) is 0 Å². The topological polar surface area (TPSA) is 45.5 Å². The van der Waals surface area contributed by atoms with E-state index in [1.165, 1.54) is 6.07 Å². The van der Waals surface area contributed by atoms with Crippen LogP contribution in [-0.4, -0.2) is 16.4 Å². The molecule has 0 saturated heterocycles. The molecule has 0 radical (unpaired) electrons. The van der Waals surface area contributed by atoms with Crippen LogP contribution < -0.4 is 0 Å². The van der Waals surface area contributed by atoms with Crippen LogP contribution >= 0.6 is 0 Å². The Kier molecular flexibility index (Phi) is 2.50. The minimum atomic E-state index is -4.47. The number of nitrogens with zero attached hydrogens (tertiary/aromatic N) is 2. The zero-order valence-electron chi connectivity index (χ0n) is 6.28. The van der Waals surface area contributed by atoms with E-state index >= 15 is 0 Å². The molecule has 0 bridgehead atoms. The van der Waals surface area contributed by atoms with Crippen LogP contribution in [0.5, 0.6) is 0 Å². The molecule has 0 atom stereocenters. The van der Waals surface area contributed by atoms with Gasteiger partial charge in [-0.15, -0.1) is 0 Å². The molecule has 0 aliphatic carbocycles. The molecule has 1 rings (SSSR count). The maximum absolute atomic E-state index is 12.0. The van der Waals surface area contributed by atoms with E-state index in [9.17, 15) is 13.2 Å². The molecular weight excluding hydrogens is 185 g/mol. The maximum Gasteiger partial charge on any atom is 0.433 e. The standard InChI is InChI=1S/C7H5F3N2O/c8-7(9,10)6-3-5(4-12-13)1-2-11-6/h1-4,13H/b12-4-. The highest BCUT2D eigenvalue weighted by atomic mass is 19.4. The number of hydrogen-bond acceptors (Lipinski definition) is 3. The zero-order chi connectivity index (χ0) is 9.90. The summed E-state index contributed by atoms with van der Waals surface area (Å²) in [4.78, 5) is 3.12. The first-order valence-electron chi connectivity index (χ1n) is 3.24. The molecule has 0 fully saturated rings. The summed E-state index contributed by atoms with van der Waals surface area (Å²) < 4.78 is 36.1.